The largest absolute Gasteiger partial charge is 0.322 e. The number of anilines is 1. The lowest BCUT2D eigenvalue weighted by molar-refractivity contribution is -0.385. The summed E-state index contributed by atoms with van der Waals surface area (Å²) in [6.45, 7) is 3.25. The molecule has 3 rings (SSSR count). The number of aromatic nitrogens is 2. The summed E-state index contributed by atoms with van der Waals surface area (Å²) in [5, 5.41) is 13.6. The zero-order valence-electron chi connectivity index (χ0n) is 14.1. The van der Waals surface area contributed by atoms with Gasteiger partial charge in [0.15, 0.2) is 0 Å². The average Bonchev–Trinajstić information content (AvgIpc) is 3.00. The van der Waals surface area contributed by atoms with Gasteiger partial charge in [0, 0.05) is 35.3 Å². The number of benzene rings is 2. The molecule has 26 heavy (non-hydrogen) atoms. The van der Waals surface area contributed by atoms with Crippen LogP contribution in [0.2, 0.25) is 0 Å². The SMILES string of the molecule is Cc1c(C(=O)Nc2ccc(-n3ccnc3C)c(F)c2)cccc1[N+](=O)[O-]. The van der Waals surface area contributed by atoms with E-state index >= 15 is 0 Å². The number of nitro benzene ring substituents is 1. The summed E-state index contributed by atoms with van der Waals surface area (Å²) in [4.78, 5) is 26.9. The van der Waals surface area contributed by atoms with Crippen LogP contribution in [0.4, 0.5) is 15.8 Å². The van der Waals surface area contributed by atoms with Crippen molar-refractivity contribution in [3.05, 3.63) is 81.7 Å². The van der Waals surface area contributed by atoms with Gasteiger partial charge in [-0.25, -0.2) is 9.37 Å². The van der Waals surface area contributed by atoms with Crippen LogP contribution < -0.4 is 5.32 Å². The summed E-state index contributed by atoms with van der Waals surface area (Å²) in [7, 11) is 0. The molecule has 1 aromatic heterocycles. The number of carbonyl (C=O) groups excluding carboxylic acids is 1. The Labute approximate surface area is 148 Å². The summed E-state index contributed by atoms with van der Waals surface area (Å²) in [5.41, 5.74) is 0.828. The first kappa shape index (κ1) is 17.3. The number of carbonyl (C=O) groups is 1. The lowest BCUT2D eigenvalue weighted by atomic mass is 10.1. The summed E-state index contributed by atoms with van der Waals surface area (Å²) in [5.74, 6) is -0.440. The predicted molar refractivity (Wildman–Crippen MR) is 94.0 cm³/mol. The third kappa shape index (κ3) is 3.16. The van der Waals surface area contributed by atoms with Crippen molar-refractivity contribution in [1.82, 2.24) is 9.55 Å². The van der Waals surface area contributed by atoms with Crippen molar-refractivity contribution < 1.29 is 14.1 Å². The van der Waals surface area contributed by atoms with Gasteiger partial charge in [0.2, 0.25) is 0 Å². The Morgan fingerprint density at radius 2 is 2.04 bits per heavy atom. The predicted octanol–water partition coefficient (Wildman–Crippen LogP) is 3.79. The van der Waals surface area contributed by atoms with Crippen LogP contribution in [0.15, 0.2) is 48.8 Å². The number of nitrogens with zero attached hydrogens (tertiary/aromatic N) is 3. The molecule has 0 aliphatic rings. The van der Waals surface area contributed by atoms with Crippen LogP contribution in [0.25, 0.3) is 5.69 Å². The summed E-state index contributed by atoms with van der Waals surface area (Å²) >= 11 is 0. The van der Waals surface area contributed by atoms with E-state index in [4.69, 9.17) is 0 Å². The number of halogens is 1. The molecule has 1 heterocycles. The van der Waals surface area contributed by atoms with Crippen molar-refractivity contribution >= 4 is 17.3 Å². The summed E-state index contributed by atoms with van der Waals surface area (Å²) in [6, 6.07) is 8.53. The standard InChI is InChI=1S/C18H15FN4O3/c1-11-14(4-3-5-16(11)23(25)26)18(24)21-13-6-7-17(15(19)10-13)22-9-8-20-12(22)2/h3-10H,1-2H3,(H,21,24). The maximum Gasteiger partial charge on any atom is 0.273 e. The minimum absolute atomic E-state index is 0.144. The van der Waals surface area contributed by atoms with Crippen molar-refractivity contribution in [1.29, 1.82) is 0 Å². The molecule has 7 nitrogen and oxygen atoms in total. The Hall–Kier alpha value is -3.55. The minimum atomic E-state index is -0.548. The Kier molecular flexibility index (Phi) is 4.49. The van der Waals surface area contributed by atoms with Gasteiger partial charge in [0.1, 0.15) is 11.6 Å². The van der Waals surface area contributed by atoms with Gasteiger partial charge in [-0.15, -0.1) is 0 Å². The van der Waals surface area contributed by atoms with Gasteiger partial charge in [0.05, 0.1) is 10.6 Å². The highest BCUT2D eigenvalue weighted by atomic mass is 19.1. The maximum atomic E-state index is 14.4. The van der Waals surface area contributed by atoms with Gasteiger partial charge in [-0.2, -0.15) is 0 Å². The molecule has 1 N–H and O–H groups in total. The Morgan fingerprint density at radius 3 is 2.65 bits per heavy atom. The molecular weight excluding hydrogens is 339 g/mol. The number of hydrogen-bond acceptors (Lipinski definition) is 4. The zero-order chi connectivity index (χ0) is 18.8. The average molecular weight is 354 g/mol. The summed E-state index contributed by atoms with van der Waals surface area (Å²) < 4.78 is 16.0. The third-order valence-corrected chi connectivity index (χ3v) is 4.04. The summed E-state index contributed by atoms with van der Waals surface area (Å²) in [6.07, 6.45) is 3.20. The molecular formula is C18H15FN4O3. The molecule has 0 aliphatic heterocycles. The van der Waals surface area contributed by atoms with E-state index in [-0.39, 0.29) is 22.5 Å². The first-order chi connectivity index (χ1) is 12.4. The smallest absolute Gasteiger partial charge is 0.273 e. The molecule has 132 valence electrons. The van der Waals surface area contributed by atoms with Gasteiger partial charge in [0.25, 0.3) is 11.6 Å². The number of aryl methyl sites for hydroxylation is 1. The van der Waals surface area contributed by atoms with Crippen LogP contribution in [-0.2, 0) is 0 Å². The van der Waals surface area contributed by atoms with Crippen LogP contribution in [-0.4, -0.2) is 20.4 Å². The third-order valence-electron chi connectivity index (χ3n) is 4.04. The van der Waals surface area contributed by atoms with Crippen LogP contribution in [0.5, 0.6) is 0 Å². The van der Waals surface area contributed by atoms with Crippen molar-refractivity contribution in [2.24, 2.45) is 0 Å². The van der Waals surface area contributed by atoms with E-state index < -0.39 is 16.6 Å². The Balaban J connectivity index is 1.87. The van der Waals surface area contributed by atoms with Crippen molar-refractivity contribution in [2.45, 2.75) is 13.8 Å². The molecule has 2 aromatic carbocycles. The lowest BCUT2D eigenvalue weighted by Gasteiger charge is -2.11. The number of nitro groups is 1. The molecule has 0 radical (unpaired) electrons. The molecule has 0 spiro atoms. The molecule has 1 amide bonds. The highest BCUT2D eigenvalue weighted by Gasteiger charge is 2.18. The van der Waals surface area contributed by atoms with Crippen molar-refractivity contribution in [3.63, 3.8) is 0 Å². The van der Waals surface area contributed by atoms with E-state index in [1.807, 2.05) is 0 Å². The Morgan fingerprint density at radius 1 is 1.27 bits per heavy atom. The van der Waals surface area contributed by atoms with Gasteiger partial charge in [-0.1, -0.05) is 6.07 Å². The van der Waals surface area contributed by atoms with E-state index in [9.17, 15) is 19.3 Å². The van der Waals surface area contributed by atoms with Gasteiger partial charge < -0.3 is 9.88 Å². The zero-order valence-corrected chi connectivity index (χ0v) is 14.1. The molecule has 0 saturated heterocycles. The normalized spacial score (nSPS) is 10.6. The van der Waals surface area contributed by atoms with Gasteiger partial charge in [-0.3, -0.25) is 14.9 Å². The molecule has 0 saturated carbocycles. The second-order valence-electron chi connectivity index (χ2n) is 5.67. The van der Waals surface area contributed by atoms with Crippen molar-refractivity contribution in [3.8, 4) is 5.69 Å². The number of nitrogens with one attached hydrogen (secondary N) is 1. The fourth-order valence-corrected chi connectivity index (χ4v) is 2.68. The van der Waals surface area contributed by atoms with E-state index in [2.05, 4.69) is 10.3 Å². The second-order valence-corrected chi connectivity index (χ2v) is 5.67. The van der Waals surface area contributed by atoms with Crippen LogP contribution in [0.3, 0.4) is 0 Å². The van der Waals surface area contributed by atoms with Crippen molar-refractivity contribution in [2.75, 3.05) is 5.32 Å². The van der Waals surface area contributed by atoms with E-state index in [1.54, 1.807) is 30.0 Å². The molecule has 0 atom stereocenters. The molecule has 0 bridgehead atoms. The van der Waals surface area contributed by atoms with Gasteiger partial charge >= 0.3 is 0 Å². The Bertz CT molecular complexity index is 1010. The number of amides is 1. The quantitative estimate of drug-likeness (QED) is 0.570. The van der Waals surface area contributed by atoms with Gasteiger partial charge in [-0.05, 0) is 38.1 Å². The highest BCUT2D eigenvalue weighted by molar-refractivity contribution is 6.05. The molecule has 0 aliphatic carbocycles. The minimum Gasteiger partial charge on any atom is -0.322 e. The molecule has 3 aromatic rings. The number of rotatable bonds is 4. The van der Waals surface area contributed by atoms with Crippen LogP contribution in [0, 0.1) is 29.8 Å². The van der Waals surface area contributed by atoms with E-state index in [0.29, 0.717) is 11.5 Å². The fraction of sp³-hybridized carbons (Fsp3) is 0.111. The molecule has 8 heteroatoms. The first-order valence-corrected chi connectivity index (χ1v) is 7.73. The van der Waals surface area contributed by atoms with E-state index in [1.165, 1.54) is 37.3 Å². The number of hydrogen-bond donors (Lipinski definition) is 1. The monoisotopic (exact) mass is 354 g/mol. The topological polar surface area (TPSA) is 90.1 Å². The van der Waals surface area contributed by atoms with Crippen LogP contribution >= 0.6 is 0 Å². The second kappa shape index (κ2) is 6.75. The number of imidazole rings is 1. The highest BCUT2D eigenvalue weighted by Crippen LogP contribution is 2.23. The molecule has 0 unspecified atom stereocenters. The maximum absolute atomic E-state index is 14.4. The lowest BCUT2D eigenvalue weighted by Crippen LogP contribution is -2.14. The first-order valence-electron chi connectivity index (χ1n) is 7.73. The fourth-order valence-electron chi connectivity index (χ4n) is 2.68. The van der Waals surface area contributed by atoms with Crippen LogP contribution in [0.1, 0.15) is 21.7 Å². The molecule has 0 fully saturated rings. The van der Waals surface area contributed by atoms with E-state index in [0.717, 1.165) is 0 Å².